The molecule has 0 spiro atoms. The van der Waals surface area contributed by atoms with Crippen LogP contribution in [0.1, 0.15) is 5.56 Å². The molecule has 0 aliphatic rings. The summed E-state index contributed by atoms with van der Waals surface area (Å²) in [5, 5.41) is 17.2. The SMILES string of the molecule is Cc1cc([N+](=O)[O-])cc2c(=O)cn[nH]c12. The Labute approximate surface area is 83.7 Å². The van der Waals surface area contributed by atoms with Crippen molar-refractivity contribution in [3.8, 4) is 0 Å². The summed E-state index contributed by atoms with van der Waals surface area (Å²) in [6, 6.07) is 2.66. The zero-order valence-electron chi connectivity index (χ0n) is 7.85. The summed E-state index contributed by atoms with van der Waals surface area (Å²) in [5.41, 5.74) is 0.754. The summed E-state index contributed by atoms with van der Waals surface area (Å²) in [7, 11) is 0. The average Bonchev–Trinajstić information content (AvgIpc) is 2.19. The Morgan fingerprint density at radius 3 is 2.87 bits per heavy atom. The fourth-order valence-corrected chi connectivity index (χ4v) is 1.44. The Balaban J connectivity index is 2.92. The molecule has 1 N–H and O–H groups in total. The van der Waals surface area contributed by atoms with E-state index in [1.165, 1.54) is 12.1 Å². The summed E-state index contributed by atoms with van der Waals surface area (Å²) in [6.07, 6.45) is 1.10. The molecule has 0 bridgehead atoms. The largest absolute Gasteiger partial charge is 0.287 e. The number of nitro groups is 1. The summed E-state index contributed by atoms with van der Waals surface area (Å²) < 4.78 is 0. The van der Waals surface area contributed by atoms with Crippen LogP contribution in [-0.4, -0.2) is 15.1 Å². The number of benzene rings is 1. The molecule has 0 aliphatic carbocycles. The Kier molecular flexibility index (Phi) is 1.96. The summed E-state index contributed by atoms with van der Waals surface area (Å²) in [4.78, 5) is 21.5. The van der Waals surface area contributed by atoms with Crippen molar-refractivity contribution in [1.29, 1.82) is 0 Å². The number of hydrogen-bond acceptors (Lipinski definition) is 4. The number of nitro benzene ring substituents is 1. The van der Waals surface area contributed by atoms with Crippen LogP contribution in [0.25, 0.3) is 10.9 Å². The van der Waals surface area contributed by atoms with Gasteiger partial charge in [0.2, 0.25) is 5.43 Å². The molecule has 2 aromatic rings. The van der Waals surface area contributed by atoms with Crippen molar-refractivity contribution in [2.75, 3.05) is 0 Å². The minimum Gasteiger partial charge on any atom is -0.287 e. The van der Waals surface area contributed by atoms with Crippen LogP contribution < -0.4 is 5.43 Å². The Morgan fingerprint density at radius 1 is 1.47 bits per heavy atom. The molecule has 1 aromatic heterocycles. The molecule has 0 amide bonds. The molecule has 0 saturated heterocycles. The Bertz CT molecular complexity index is 603. The second kappa shape index (κ2) is 3.16. The fraction of sp³-hybridized carbons (Fsp3) is 0.111. The average molecular weight is 205 g/mol. The predicted octanol–water partition coefficient (Wildman–Crippen LogP) is 1.14. The van der Waals surface area contributed by atoms with E-state index in [1.807, 2.05) is 0 Å². The molecule has 1 heterocycles. The standard InChI is InChI=1S/C9H7N3O3/c1-5-2-6(12(14)15)3-7-8(13)4-10-11-9(5)7/h2-4H,1H3,(H,11,13). The number of non-ortho nitro benzene ring substituents is 1. The third-order valence-electron chi connectivity index (χ3n) is 2.15. The zero-order chi connectivity index (χ0) is 11.0. The number of nitrogens with one attached hydrogen (secondary N) is 1. The van der Waals surface area contributed by atoms with Gasteiger partial charge in [-0.05, 0) is 12.5 Å². The van der Waals surface area contributed by atoms with Gasteiger partial charge in [-0.1, -0.05) is 0 Å². The van der Waals surface area contributed by atoms with Crippen LogP contribution in [0.15, 0.2) is 23.1 Å². The molecule has 1 aromatic carbocycles. The first-order valence-electron chi connectivity index (χ1n) is 4.22. The van der Waals surface area contributed by atoms with Crippen LogP contribution in [0.3, 0.4) is 0 Å². The highest BCUT2D eigenvalue weighted by atomic mass is 16.6. The van der Waals surface area contributed by atoms with Crippen molar-refractivity contribution in [2.45, 2.75) is 6.92 Å². The van der Waals surface area contributed by atoms with E-state index in [9.17, 15) is 14.9 Å². The number of rotatable bonds is 1. The zero-order valence-corrected chi connectivity index (χ0v) is 7.85. The number of H-pyrrole nitrogens is 1. The van der Waals surface area contributed by atoms with Crippen LogP contribution in [0.5, 0.6) is 0 Å². The highest BCUT2D eigenvalue weighted by Crippen LogP contribution is 2.20. The van der Waals surface area contributed by atoms with Gasteiger partial charge in [0.1, 0.15) is 0 Å². The van der Waals surface area contributed by atoms with Crippen molar-refractivity contribution in [3.05, 3.63) is 44.2 Å². The van der Waals surface area contributed by atoms with E-state index >= 15 is 0 Å². The Morgan fingerprint density at radius 2 is 2.20 bits per heavy atom. The number of aryl methyl sites for hydroxylation is 1. The minimum absolute atomic E-state index is 0.0864. The second-order valence-corrected chi connectivity index (χ2v) is 3.18. The quantitative estimate of drug-likeness (QED) is 0.558. The molecule has 6 heteroatoms. The van der Waals surface area contributed by atoms with Crippen LogP contribution in [0.2, 0.25) is 0 Å². The number of nitrogens with zero attached hydrogens (tertiary/aromatic N) is 2. The van der Waals surface area contributed by atoms with Gasteiger partial charge in [0.25, 0.3) is 5.69 Å². The molecular formula is C9H7N3O3. The van der Waals surface area contributed by atoms with E-state index in [4.69, 9.17) is 0 Å². The molecule has 76 valence electrons. The van der Waals surface area contributed by atoms with Crippen molar-refractivity contribution in [3.63, 3.8) is 0 Å². The van der Waals surface area contributed by atoms with Crippen LogP contribution in [-0.2, 0) is 0 Å². The molecule has 0 unspecified atom stereocenters. The first-order chi connectivity index (χ1) is 7.09. The molecule has 6 nitrogen and oxygen atoms in total. The maximum Gasteiger partial charge on any atom is 0.270 e. The molecule has 15 heavy (non-hydrogen) atoms. The topological polar surface area (TPSA) is 88.9 Å². The number of fused-ring (bicyclic) bond motifs is 1. The van der Waals surface area contributed by atoms with Crippen molar-refractivity contribution in [2.24, 2.45) is 0 Å². The lowest BCUT2D eigenvalue weighted by atomic mass is 10.1. The van der Waals surface area contributed by atoms with Gasteiger partial charge >= 0.3 is 0 Å². The van der Waals surface area contributed by atoms with E-state index in [1.54, 1.807) is 6.92 Å². The van der Waals surface area contributed by atoms with Crippen LogP contribution in [0.4, 0.5) is 5.69 Å². The monoisotopic (exact) mass is 205 g/mol. The molecule has 0 atom stereocenters. The van der Waals surface area contributed by atoms with Gasteiger partial charge in [-0.15, -0.1) is 0 Å². The lowest BCUT2D eigenvalue weighted by Gasteiger charge is -2.00. The van der Waals surface area contributed by atoms with Gasteiger partial charge in [0.05, 0.1) is 22.0 Å². The summed E-state index contributed by atoms with van der Waals surface area (Å²) in [6.45, 7) is 1.69. The van der Waals surface area contributed by atoms with Crippen molar-refractivity contribution < 1.29 is 4.92 Å². The third-order valence-corrected chi connectivity index (χ3v) is 2.15. The third kappa shape index (κ3) is 1.45. The molecule has 2 rings (SSSR count). The first-order valence-corrected chi connectivity index (χ1v) is 4.22. The molecule has 0 aliphatic heterocycles. The highest BCUT2D eigenvalue weighted by Gasteiger charge is 2.11. The maximum absolute atomic E-state index is 11.4. The van der Waals surface area contributed by atoms with Gasteiger partial charge in [0.15, 0.2) is 0 Å². The lowest BCUT2D eigenvalue weighted by Crippen LogP contribution is -2.04. The normalized spacial score (nSPS) is 10.5. The molecule has 0 saturated carbocycles. The van der Waals surface area contributed by atoms with E-state index in [-0.39, 0.29) is 16.5 Å². The number of aromatic nitrogens is 2. The van der Waals surface area contributed by atoms with Gasteiger partial charge in [-0.3, -0.25) is 20.0 Å². The first kappa shape index (κ1) is 9.32. The summed E-state index contributed by atoms with van der Waals surface area (Å²) in [5.74, 6) is 0. The lowest BCUT2D eigenvalue weighted by molar-refractivity contribution is -0.384. The van der Waals surface area contributed by atoms with E-state index in [0.29, 0.717) is 11.1 Å². The summed E-state index contributed by atoms with van der Waals surface area (Å²) >= 11 is 0. The van der Waals surface area contributed by atoms with Crippen LogP contribution >= 0.6 is 0 Å². The van der Waals surface area contributed by atoms with E-state index < -0.39 is 4.92 Å². The molecule has 0 fully saturated rings. The second-order valence-electron chi connectivity index (χ2n) is 3.18. The van der Waals surface area contributed by atoms with Crippen molar-refractivity contribution in [1.82, 2.24) is 10.2 Å². The van der Waals surface area contributed by atoms with E-state index in [2.05, 4.69) is 10.2 Å². The fourth-order valence-electron chi connectivity index (χ4n) is 1.44. The van der Waals surface area contributed by atoms with Crippen molar-refractivity contribution >= 4 is 16.6 Å². The minimum atomic E-state index is -0.522. The highest BCUT2D eigenvalue weighted by molar-refractivity contribution is 5.83. The van der Waals surface area contributed by atoms with Gasteiger partial charge in [-0.25, -0.2) is 0 Å². The molecule has 0 radical (unpaired) electrons. The van der Waals surface area contributed by atoms with Gasteiger partial charge in [0, 0.05) is 12.1 Å². The predicted molar refractivity (Wildman–Crippen MR) is 53.8 cm³/mol. The maximum atomic E-state index is 11.4. The smallest absolute Gasteiger partial charge is 0.270 e. The number of aromatic amines is 1. The molecular weight excluding hydrogens is 198 g/mol. The van der Waals surface area contributed by atoms with Crippen LogP contribution in [0, 0.1) is 17.0 Å². The number of hydrogen-bond donors (Lipinski definition) is 1. The van der Waals surface area contributed by atoms with E-state index in [0.717, 1.165) is 6.20 Å². The van der Waals surface area contributed by atoms with Gasteiger partial charge in [-0.2, -0.15) is 5.10 Å². The van der Waals surface area contributed by atoms with Gasteiger partial charge < -0.3 is 0 Å². The Hall–Kier alpha value is -2.24.